The number of halogens is 1. The fraction of sp³-hybridized carbons (Fsp3) is 0.200. The second kappa shape index (κ2) is 7.89. The van der Waals surface area contributed by atoms with Gasteiger partial charge in [-0.05, 0) is 44.5 Å². The summed E-state index contributed by atoms with van der Waals surface area (Å²) in [4.78, 5) is 17.8. The van der Waals surface area contributed by atoms with E-state index in [0.717, 1.165) is 21.7 Å². The van der Waals surface area contributed by atoms with Crippen molar-refractivity contribution in [1.29, 1.82) is 0 Å². The SMILES string of the molecule is Cc1ccc(-c2nc(NC(=O)COc3ccc(Cl)cc3C)sc2C)cc1. The highest BCUT2D eigenvalue weighted by Gasteiger charge is 2.13. The van der Waals surface area contributed by atoms with Gasteiger partial charge in [0.15, 0.2) is 11.7 Å². The minimum absolute atomic E-state index is 0.0824. The fourth-order valence-electron chi connectivity index (χ4n) is 2.50. The molecule has 2 aromatic carbocycles. The number of benzene rings is 2. The molecule has 1 N–H and O–H groups in total. The molecule has 1 aromatic heterocycles. The summed E-state index contributed by atoms with van der Waals surface area (Å²) in [5.74, 6) is 0.392. The van der Waals surface area contributed by atoms with Crippen molar-refractivity contribution in [2.75, 3.05) is 11.9 Å². The Hall–Kier alpha value is -2.37. The molecule has 0 radical (unpaired) electrons. The number of hydrogen-bond donors (Lipinski definition) is 1. The van der Waals surface area contributed by atoms with Crippen LogP contribution in [-0.4, -0.2) is 17.5 Å². The summed E-state index contributed by atoms with van der Waals surface area (Å²) in [6, 6.07) is 13.5. The van der Waals surface area contributed by atoms with Gasteiger partial charge in [-0.2, -0.15) is 0 Å². The molecule has 1 amide bonds. The van der Waals surface area contributed by atoms with Crippen molar-refractivity contribution in [3.63, 3.8) is 0 Å². The number of amides is 1. The van der Waals surface area contributed by atoms with Gasteiger partial charge in [0, 0.05) is 15.5 Å². The van der Waals surface area contributed by atoms with Crippen LogP contribution >= 0.6 is 22.9 Å². The summed E-state index contributed by atoms with van der Waals surface area (Å²) in [6.07, 6.45) is 0. The standard InChI is InChI=1S/C20H19ClN2O2S/c1-12-4-6-15(7-5-12)19-14(3)26-20(23-19)22-18(24)11-25-17-9-8-16(21)10-13(17)2/h4-10H,11H2,1-3H3,(H,22,23,24). The van der Waals surface area contributed by atoms with Gasteiger partial charge in [-0.3, -0.25) is 10.1 Å². The van der Waals surface area contributed by atoms with E-state index in [0.29, 0.717) is 15.9 Å². The highest BCUT2D eigenvalue weighted by molar-refractivity contribution is 7.16. The maximum absolute atomic E-state index is 12.2. The number of hydrogen-bond acceptors (Lipinski definition) is 4. The summed E-state index contributed by atoms with van der Waals surface area (Å²) in [6.45, 7) is 5.85. The van der Waals surface area contributed by atoms with Crippen molar-refractivity contribution in [2.24, 2.45) is 0 Å². The second-order valence-corrected chi connectivity index (χ2v) is 7.68. The molecule has 0 saturated carbocycles. The predicted octanol–water partition coefficient (Wildman–Crippen LogP) is 5.41. The van der Waals surface area contributed by atoms with Crippen LogP contribution in [0.25, 0.3) is 11.3 Å². The van der Waals surface area contributed by atoms with Gasteiger partial charge < -0.3 is 4.74 Å². The highest BCUT2D eigenvalue weighted by Crippen LogP contribution is 2.30. The Labute approximate surface area is 161 Å². The van der Waals surface area contributed by atoms with E-state index >= 15 is 0 Å². The monoisotopic (exact) mass is 386 g/mol. The van der Waals surface area contributed by atoms with Crippen molar-refractivity contribution in [3.05, 3.63) is 63.5 Å². The van der Waals surface area contributed by atoms with Crippen molar-refractivity contribution in [1.82, 2.24) is 4.98 Å². The number of anilines is 1. The maximum Gasteiger partial charge on any atom is 0.264 e. The Morgan fingerprint density at radius 1 is 1.15 bits per heavy atom. The van der Waals surface area contributed by atoms with Gasteiger partial charge in [0.2, 0.25) is 0 Å². The topological polar surface area (TPSA) is 51.2 Å². The van der Waals surface area contributed by atoms with Crippen LogP contribution in [0.3, 0.4) is 0 Å². The molecule has 4 nitrogen and oxygen atoms in total. The average Bonchev–Trinajstić information content (AvgIpc) is 2.95. The lowest BCUT2D eigenvalue weighted by Gasteiger charge is -2.08. The summed E-state index contributed by atoms with van der Waals surface area (Å²) >= 11 is 7.37. The quantitative estimate of drug-likeness (QED) is 0.638. The lowest BCUT2D eigenvalue weighted by atomic mass is 10.1. The fourth-order valence-corrected chi connectivity index (χ4v) is 3.58. The number of aromatic nitrogens is 1. The van der Waals surface area contributed by atoms with Crippen LogP contribution < -0.4 is 10.1 Å². The summed E-state index contributed by atoms with van der Waals surface area (Å²) < 4.78 is 5.57. The molecule has 0 atom stereocenters. The number of carbonyl (C=O) groups excluding carboxylic acids is 1. The predicted molar refractivity (Wildman–Crippen MR) is 107 cm³/mol. The number of aryl methyl sites for hydroxylation is 3. The molecule has 0 aliphatic carbocycles. The first-order chi connectivity index (χ1) is 12.4. The number of carbonyl (C=O) groups is 1. The molecule has 1 heterocycles. The second-order valence-electron chi connectivity index (χ2n) is 6.04. The molecule has 0 bridgehead atoms. The first-order valence-electron chi connectivity index (χ1n) is 8.15. The van der Waals surface area contributed by atoms with Crippen LogP contribution in [0.5, 0.6) is 5.75 Å². The van der Waals surface area contributed by atoms with Crippen LogP contribution in [-0.2, 0) is 4.79 Å². The first kappa shape index (κ1) is 18.4. The van der Waals surface area contributed by atoms with E-state index in [1.807, 2.05) is 32.9 Å². The van der Waals surface area contributed by atoms with E-state index in [2.05, 4.69) is 22.4 Å². The molecule has 0 aliphatic rings. The van der Waals surface area contributed by atoms with Gasteiger partial charge in [0.05, 0.1) is 5.69 Å². The van der Waals surface area contributed by atoms with Crippen LogP contribution in [0.4, 0.5) is 5.13 Å². The molecule has 3 aromatic rings. The molecule has 0 aliphatic heterocycles. The molecule has 3 rings (SSSR count). The van der Waals surface area contributed by atoms with Crippen LogP contribution in [0, 0.1) is 20.8 Å². The van der Waals surface area contributed by atoms with Gasteiger partial charge in [0.25, 0.3) is 5.91 Å². The van der Waals surface area contributed by atoms with E-state index in [1.165, 1.54) is 16.9 Å². The van der Waals surface area contributed by atoms with Crippen molar-refractivity contribution in [3.8, 4) is 17.0 Å². The smallest absolute Gasteiger partial charge is 0.264 e. The van der Waals surface area contributed by atoms with Gasteiger partial charge >= 0.3 is 0 Å². The van der Waals surface area contributed by atoms with E-state index in [9.17, 15) is 4.79 Å². The molecule has 0 spiro atoms. The maximum atomic E-state index is 12.2. The van der Waals surface area contributed by atoms with Crippen molar-refractivity contribution < 1.29 is 9.53 Å². The lowest BCUT2D eigenvalue weighted by Crippen LogP contribution is -2.20. The molecule has 134 valence electrons. The Balaban J connectivity index is 1.64. The van der Waals surface area contributed by atoms with E-state index in [1.54, 1.807) is 18.2 Å². The average molecular weight is 387 g/mol. The minimum atomic E-state index is -0.247. The van der Waals surface area contributed by atoms with E-state index < -0.39 is 0 Å². The van der Waals surface area contributed by atoms with Gasteiger partial charge in [-0.1, -0.05) is 41.4 Å². The molecule has 6 heteroatoms. The zero-order chi connectivity index (χ0) is 18.7. The molecule has 0 fully saturated rings. The van der Waals surface area contributed by atoms with Crippen molar-refractivity contribution >= 4 is 34.0 Å². The highest BCUT2D eigenvalue weighted by atomic mass is 35.5. The third kappa shape index (κ3) is 4.42. The molecular weight excluding hydrogens is 368 g/mol. The Morgan fingerprint density at radius 3 is 2.58 bits per heavy atom. The molecular formula is C20H19ClN2O2S. The zero-order valence-electron chi connectivity index (χ0n) is 14.8. The largest absolute Gasteiger partial charge is 0.483 e. The summed E-state index contributed by atoms with van der Waals surface area (Å²) in [7, 11) is 0. The number of thiazole rings is 1. The van der Waals surface area contributed by atoms with Crippen molar-refractivity contribution in [2.45, 2.75) is 20.8 Å². The summed E-state index contributed by atoms with van der Waals surface area (Å²) in [5.41, 5.74) is 4.01. The molecule has 0 saturated heterocycles. The summed E-state index contributed by atoms with van der Waals surface area (Å²) in [5, 5.41) is 4.01. The van der Waals surface area contributed by atoms with Gasteiger partial charge in [-0.15, -0.1) is 11.3 Å². The number of ether oxygens (including phenoxy) is 1. The Kier molecular flexibility index (Phi) is 5.59. The number of rotatable bonds is 5. The first-order valence-corrected chi connectivity index (χ1v) is 9.35. The Bertz CT molecular complexity index is 935. The van der Waals surface area contributed by atoms with E-state index in [-0.39, 0.29) is 12.5 Å². The zero-order valence-corrected chi connectivity index (χ0v) is 16.4. The van der Waals surface area contributed by atoms with Gasteiger partial charge in [-0.25, -0.2) is 4.98 Å². The van der Waals surface area contributed by atoms with Crippen LogP contribution in [0.15, 0.2) is 42.5 Å². The third-order valence-corrected chi connectivity index (χ3v) is 4.99. The number of nitrogens with zero attached hydrogens (tertiary/aromatic N) is 1. The lowest BCUT2D eigenvalue weighted by molar-refractivity contribution is -0.118. The Morgan fingerprint density at radius 2 is 1.88 bits per heavy atom. The third-order valence-electron chi connectivity index (χ3n) is 3.86. The van der Waals surface area contributed by atoms with Crippen LogP contribution in [0.2, 0.25) is 5.02 Å². The molecule has 26 heavy (non-hydrogen) atoms. The molecule has 0 unspecified atom stereocenters. The number of nitrogens with one attached hydrogen (secondary N) is 1. The minimum Gasteiger partial charge on any atom is -0.483 e. The van der Waals surface area contributed by atoms with E-state index in [4.69, 9.17) is 16.3 Å². The normalized spacial score (nSPS) is 10.6. The van der Waals surface area contributed by atoms with Gasteiger partial charge in [0.1, 0.15) is 5.75 Å². The van der Waals surface area contributed by atoms with Crippen LogP contribution in [0.1, 0.15) is 16.0 Å².